The van der Waals surface area contributed by atoms with Gasteiger partial charge in [0.15, 0.2) is 0 Å². The lowest BCUT2D eigenvalue weighted by Crippen LogP contribution is -2.36. The third kappa shape index (κ3) is 5.30. The van der Waals surface area contributed by atoms with Gasteiger partial charge in [-0.2, -0.15) is 5.10 Å². The van der Waals surface area contributed by atoms with Crippen molar-refractivity contribution in [1.29, 1.82) is 0 Å². The SMILES string of the molecule is CCOc1ccccc1CNC(=O)NCCCn1nc(C)cc1C. The Hall–Kier alpha value is -2.50. The van der Waals surface area contributed by atoms with Crippen LogP contribution in [0.1, 0.15) is 30.3 Å². The fourth-order valence-electron chi connectivity index (χ4n) is 2.52. The van der Waals surface area contributed by atoms with E-state index >= 15 is 0 Å². The molecule has 1 heterocycles. The Bertz CT molecular complexity index is 667. The van der Waals surface area contributed by atoms with Gasteiger partial charge < -0.3 is 15.4 Å². The molecule has 0 bridgehead atoms. The molecule has 2 aromatic rings. The molecule has 0 aliphatic carbocycles. The molecular formula is C18H26N4O2. The van der Waals surface area contributed by atoms with Crippen LogP contribution < -0.4 is 15.4 Å². The average Bonchev–Trinajstić information content (AvgIpc) is 2.88. The van der Waals surface area contributed by atoms with Crippen LogP contribution in [0.25, 0.3) is 0 Å². The van der Waals surface area contributed by atoms with E-state index in [0.29, 0.717) is 19.7 Å². The van der Waals surface area contributed by atoms with Gasteiger partial charge in [0.1, 0.15) is 5.75 Å². The summed E-state index contributed by atoms with van der Waals surface area (Å²) in [5.74, 6) is 0.810. The normalized spacial score (nSPS) is 10.5. The Morgan fingerprint density at radius 3 is 2.75 bits per heavy atom. The number of urea groups is 1. The summed E-state index contributed by atoms with van der Waals surface area (Å²) in [6, 6.07) is 9.60. The van der Waals surface area contributed by atoms with Gasteiger partial charge in [-0.05, 0) is 39.3 Å². The van der Waals surface area contributed by atoms with Crippen molar-refractivity contribution in [1.82, 2.24) is 20.4 Å². The number of nitrogens with one attached hydrogen (secondary N) is 2. The fourth-order valence-corrected chi connectivity index (χ4v) is 2.52. The van der Waals surface area contributed by atoms with Gasteiger partial charge in [0, 0.05) is 30.9 Å². The Morgan fingerprint density at radius 1 is 1.25 bits per heavy atom. The van der Waals surface area contributed by atoms with Crippen molar-refractivity contribution in [3.8, 4) is 5.75 Å². The standard InChI is InChI=1S/C18H26N4O2/c1-4-24-17-9-6-5-8-16(17)13-20-18(23)19-10-7-11-22-15(3)12-14(2)21-22/h5-6,8-9,12H,4,7,10-11,13H2,1-3H3,(H2,19,20,23). The third-order valence-corrected chi connectivity index (χ3v) is 3.65. The highest BCUT2D eigenvalue weighted by Crippen LogP contribution is 2.17. The summed E-state index contributed by atoms with van der Waals surface area (Å²) < 4.78 is 7.51. The number of aryl methyl sites for hydroxylation is 3. The van der Waals surface area contributed by atoms with Crippen LogP contribution >= 0.6 is 0 Å². The van der Waals surface area contributed by atoms with Crippen LogP contribution in [-0.4, -0.2) is 29.0 Å². The Balaban J connectivity index is 1.69. The van der Waals surface area contributed by atoms with Crippen molar-refractivity contribution >= 4 is 6.03 Å². The number of carbonyl (C=O) groups excluding carboxylic acids is 1. The topological polar surface area (TPSA) is 68.2 Å². The van der Waals surface area contributed by atoms with Crippen LogP contribution in [0.4, 0.5) is 4.79 Å². The lowest BCUT2D eigenvalue weighted by atomic mass is 10.2. The monoisotopic (exact) mass is 330 g/mol. The summed E-state index contributed by atoms with van der Waals surface area (Å²) in [5, 5.41) is 10.1. The molecule has 2 N–H and O–H groups in total. The molecule has 1 aromatic carbocycles. The van der Waals surface area contributed by atoms with E-state index in [-0.39, 0.29) is 6.03 Å². The number of nitrogens with zero attached hydrogens (tertiary/aromatic N) is 2. The highest BCUT2D eigenvalue weighted by atomic mass is 16.5. The van der Waals surface area contributed by atoms with Crippen LogP contribution in [-0.2, 0) is 13.1 Å². The summed E-state index contributed by atoms with van der Waals surface area (Å²) >= 11 is 0. The predicted octanol–water partition coefficient (Wildman–Crippen LogP) is 2.79. The first-order valence-electron chi connectivity index (χ1n) is 8.33. The average molecular weight is 330 g/mol. The second-order valence-corrected chi connectivity index (χ2v) is 5.65. The third-order valence-electron chi connectivity index (χ3n) is 3.65. The number of amides is 2. The van der Waals surface area contributed by atoms with Crippen molar-refractivity contribution in [2.24, 2.45) is 0 Å². The number of ether oxygens (including phenoxy) is 1. The molecule has 0 saturated heterocycles. The number of rotatable bonds is 8. The molecule has 0 spiro atoms. The van der Waals surface area contributed by atoms with Gasteiger partial charge in [-0.3, -0.25) is 4.68 Å². The van der Waals surface area contributed by atoms with Gasteiger partial charge in [-0.1, -0.05) is 18.2 Å². The Kier molecular flexibility index (Phi) is 6.66. The molecule has 6 heteroatoms. The van der Waals surface area contributed by atoms with Crippen molar-refractivity contribution < 1.29 is 9.53 Å². The predicted molar refractivity (Wildman–Crippen MR) is 94.2 cm³/mol. The van der Waals surface area contributed by atoms with Crippen LogP contribution in [0.5, 0.6) is 5.75 Å². The molecule has 2 amide bonds. The van der Waals surface area contributed by atoms with E-state index in [2.05, 4.69) is 21.8 Å². The maximum Gasteiger partial charge on any atom is 0.315 e. The molecule has 6 nitrogen and oxygen atoms in total. The van der Waals surface area contributed by atoms with Crippen LogP contribution in [0.3, 0.4) is 0 Å². The smallest absolute Gasteiger partial charge is 0.315 e. The summed E-state index contributed by atoms with van der Waals surface area (Å²) in [4.78, 5) is 11.9. The zero-order chi connectivity index (χ0) is 17.4. The summed E-state index contributed by atoms with van der Waals surface area (Å²) in [7, 11) is 0. The largest absolute Gasteiger partial charge is 0.494 e. The minimum atomic E-state index is -0.172. The van der Waals surface area contributed by atoms with Gasteiger partial charge in [0.25, 0.3) is 0 Å². The van der Waals surface area contributed by atoms with E-state index in [4.69, 9.17) is 4.74 Å². The van der Waals surface area contributed by atoms with Crippen molar-refractivity contribution in [3.05, 3.63) is 47.3 Å². The molecule has 0 aliphatic rings. The van der Waals surface area contributed by atoms with E-state index in [9.17, 15) is 4.79 Å². The fraction of sp³-hybridized carbons (Fsp3) is 0.444. The van der Waals surface area contributed by atoms with Crippen molar-refractivity contribution in [3.63, 3.8) is 0 Å². The summed E-state index contributed by atoms with van der Waals surface area (Å²) in [6.07, 6.45) is 0.838. The molecule has 130 valence electrons. The number of hydrogen-bond donors (Lipinski definition) is 2. The second-order valence-electron chi connectivity index (χ2n) is 5.65. The zero-order valence-electron chi connectivity index (χ0n) is 14.6. The first-order valence-corrected chi connectivity index (χ1v) is 8.33. The van der Waals surface area contributed by atoms with E-state index in [1.165, 1.54) is 0 Å². The van der Waals surface area contributed by atoms with E-state index in [1.54, 1.807) is 0 Å². The molecular weight excluding hydrogens is 304 g/mol. The van der Waals surface area contributed by atoms with Crippen molar-refractivity contribution in [2.45, 2.75) is 40.3 Å². The molecule has 0 unspecified atom stereocenters. The van der Waals surface area contributed by atoms with Crippen LogP contribution in [0, 0.1) is 13.8 Å². The molecule has 1 aromatic heterocycles. The van der Waals surface area contributed by atoms with E-state index in [0.717, 1.165) is 35.7 Å². The second kappa shape index (κ2) is 8.96. The molecule has 2 rings (SSSR count). The Morgan fingerprint density at radius 2 is 2.04 bits per heavy atom. The first kappa shape index (κ1) is 17.8. The quantitative estimate of drug-likeness (QED) is 0.731. The number of benzene rings is 1. The van der Waals surface area contributed by atoms with Gasteiger partial charge in [0.2, 0.25) is 0 Å². The molecule has 0 atom stereocenters. The minimum absolute atomic E-state index is 0.172. The van der Waals surface area contributed by atoms with Gasteiger partial charge in [-0.15, -0.1) is 0 Å². The first-order chi connectivity index (χ1) is 11.6. The Labute approximate surface area is 143 Å². The van der Waals surface area contributed by atoms with Gasteiger partial charge >= 0.3 is 6.03 Å². The van der Waals surface area contributed by atoms with E-state index in [1.807, 2.05) is 49.7 Å². The molecule has 0 fully saturated rings. The lowest BCUT2D eigenvalue weighted by Gasteiger charge is -2.11. The lowest BCUT2D eigenvalue weighted by molar-refractivity contribution is 0.240. The zero-order valence-corrected chi connectivity index (χ0v) is 14.6. The summed E-state index contributed by atoms with van der Waals surface area (Å²) in [6.45, 7) is 8.42. The number of hydrogen-bond acceptors (Lipinski definition) is 3. The number of carbonyl (C=O) groups is 1. The molecule has 24 heavy (non-hydrogen) atoms. The van der Waals surface area contributed by atoms with Crippen molar-refractivity contribution in [2.75, 3.05) is 13.2 Å². The minimum Gasteiger partial charge on any atom is -0.494 e. The van der Waals surface area contributed by atoms with Crippen LogP contribution in [0.15, 0.2) is 30.3 Å². The summed E-state index contributed by atoms with van der Waals surface area (Å²) in [5.41, 5.74) is 3.13. The maximum atomic E-state index is 11.9. The maximum absolute atomic E-state index is 11.9. The van der Waals surface area contributed by atoms with Gasteiger partial charge in [-0.25, -0.2) is 4.79 Å². The van der Waals surface area contributed by atoms with Crippen LogP contribution in [0.2, 0.25) is 0 Å². The van der Waals surface area contributed by atoms with Gasteiger partial charge in [0.05, 0.1) is 12.3 Å². The molecule has 0 saturated carbocycles. The molecule has 0 aliphatic heterocycles. The highest BCUT2D eigenvalue weighted by molar-refractivity contribution is 5.73. The number of para-hydroxylation sites is 1. The number of aromatic nitrogens is 2. The highest BCUT2D eigenvalue weighted by Gasteiger charge is 2.05. The van der Waals surface area contributed by atoms with E-state index < -0.39 is 0 Å². The molecule has 0 radical (unpaired) electrons.